The van der Waals surface area contributed by atoms with E-state index in [9.17, 15) is 0 Å². The van der Waals surface area contributed by atoms with Crippen molar-refractivity contribution in [1.29, 1.82) is 0 Å². The van der Waals surface area contributed by atoms with Crippen molar-refractivity contribution < 1.29 is 0 Å². The summed E-state index contributed by atoms with van der Waals surface area (Å²) in [7, 11) is 0. The van der Waals surface area contributed by atoms with Gasteiger partial charge in [0.25, 0.3) is 0 Å². The van der Waals surface area contributed by atoms with Gasteiger partial charge in [0.15, 0.2) is 0 Å². The molecule has 0 unspecified atom stereocenters. The Balaban J connectivity index is 2.12. The molecule has 0 spiro atoms. The topological polar surface area (TPSA) is 24.7 Å². The zero-order chi connectivity index (χ0) is 31.5. The highest BCUT2D eigenvalue weighted by molar-refractivity contribution is 6.31. The van der Waals surface area contributed by atoms with Crippen LogP contribution in [0.4, 0.5) is 11.4 Å². The molecule has 2 rings (SSSR count). The molecule has 2 aromatic rings. The third kappa shape index (κ3) is 17.1. The minimum absolute atomic E-state index is 0.988. The lowest BCUT2D eigenvalue weighted by molar-refractivity contribution is 0.616. The van der Waals surface area contributed by atoms with Gasteiger partial charge >= 0.3 is 0 Å². The molecular weight excluding hydrogens is 532 g/mol. The van der Waals surface area contributed by atoms with Crippen molar-refractivity contribution in [2.75, 3.05) is 0 Å². The minimum Gasteiger partial charge on any atom is -0.255 e. The Hall–Kier alpha value is -2.48. The number of aryl methyl sites for hydroxylation is 3. The quantitative estimate of drug-likeness (QED) is 0.0584. The van der Waals surface area contributed by atoms with Crippen LogP contribution in [0.5, 0.6) is 0 Å². The van der Waals surface area contributed by atoms with Crippen LogP contribution in [0.1, 0.15) is 166 Å². The highest BCUT2D eigenvalue weighted by Gasteiger charge is 2.06. The predicted octanol–water partition coefficient (Wildman–Crippen LogP) is 13.8. The summed E-state index contributed by atoms with van der Waals surface area (Å²) >= 11 is 0. The molecule has 0 heterocycles. The summed E-state index contributed by atoms with van der Waals surface area (Å²) in [5.41, 5.74) is 7.66. The van der Waals surface area contributed by atoms with Gasteiger partial charge < -0.3 is 0 Å². The molecule has 244 valence electrons. The SMILES string of the molecule is CCCCCCCC=CCCCc1ccccc1N=C(C=Nc1ccc(CCCC)c(CCCC)c1)CCCCCCCC. The molecule has 2 heteroatoms. The maximum absolute atomic E-state index is 5.25. The number of hydrogen-bond acceptors (Lipinski definition) is 2. The standard InChI is InChI=1S/C42H66N2/c1-5-9-13-15-17-18-19-20-21-23-29-38-30-25-26-32-42(38)44-41(31-24-22-16-14-10-6-2)36-43-40-34-33-37(27-11-7-3)39(35-40)28-12-8-4/h19-20,25-26,30,32-36H,5-18,21-24,27-29,31H2,1-4H3. The van der Waals surface area contributed by atoms with E-state index in [2.05, 4.69) is 88.5 Å². The van der Waals surface area contributed by atoms with Gasteiger partial charge in [-0.25, -0.2) is 0 Å². The van der Waals surface area contributed by atoms with Gasteiger partial charge in [0.1, 0.15) is 0 Å². The fraction of sp³-hybridized carbons (Fsp3) is 0.619. The van der Waals surface area contributed by atoms with Crippen LogP contribution < -0.4 is 0 Å². The maximum Gasteiger partial charge on any atom is 0.0665 e. The van der Waals surface area contributed by atoms with Crippen LogP contribution in [0.2, 0.25) is 0 Å². The lowest BCUT2D eigenvalue weighted by Crippen LogP contribution is -2.01. The molecule has 0 aromatic heterocycles. The largest absolute Gasteiger partial charge is 0.255 e. The van der Waals surface area contributed by atoms with Crippen LogP contribution in [-0.2, 0) is 19.3 Å². The normalized spacial score (nSPS) is 12.2. The van der Waals surface area contributed by atoms with Crippen LogP contribution in [0.25, 0.3) is 0 Å². The zero-order valence-electron chi connectivity index (χ0n) is 29.2. The number of nitrogens with zero attached hydrogens (tertiary/aromatic N) is 2. The first-order valence-electron chi connectivity index (χ1n) is 18.7. The summed E-state index contributed by atoms with van der Waals surface area (Å²) in [6.45, 7) is 9.13. The molecule has 0 N–H and O–H groups in total. The van der Waals surface area contributed by atoms with Crippen molar-refractivity contribution in [3.63, 3.8) is 0 Å². The summed E-state index contributed by atoms with van der Waals surface area (Å²) in [6, 6.07) is 15.6. The Morgan fingerprint density at radius 1 is 0.545 bits per heavy atom. The summed E-state index contributed by atoms with van der Waals surface area (Å²) < 4.78 is 0. The van der Waals surface area contributed by atoms with Crippen LogP contribution >= 0.6 is 0 Å². The van der Waals surface area contributed by atoms with Crippen LogP contribution in [0.15, 0.2) is 64.6 Å². The van der Waals surface area contributed by atoms with Crippen molar-refractivity contribution in [3.8, 4) is 0 Å². The monoisotopic (exact) mass is 599 g/mol. The minimum atomic E-state index is 0.988. The van der Waals surface area contributed by atoms with E-state index in [1.54, 1.807) is 0 Å². The van der Waals surface area contributed by atoms with Crippen molar-refractivity contribution in [1.82, 2.24) is 0 Å². The van der Waals surface area contributed by atoms with E-state index in [4.69, 9.17) is 9.98 Å². The number of rotatable bonds is 26. The number of unbranched alkanes of at least 4 members (excludes halogenated alkanes) is 13. The average molecular weight is 599 g/mol. The smallest absolute Gasteiger partial charge is 0.0665 e. The molecule has 0 saturated carbocycles. The van der Waals surface area contributed by atoms with Gasteiger partial charge in [0, 0.05) is 6.21 Å². The Morgan fingerprint density at radius 2 is 1.14 bits per heavy atom. The van der Waals surface area contributed by atoms with Crippen LogP contribution in [0, 0.1) is 0 Å². The highest BCUT2D eigenvalue weighted by Crippen LogP contribution is 2.24. The lowest BCUT2D eigenvalue weighted by Gasteiger charge is -2.10. The Labute approximate surface area is 273 Å². The fourth-order valence-electron chi connectivity index (χ4n) is 5.79. The van der Waals surface area contributed by atoms with E-state index in [0.717, 1.165) is 42.8 Å². The van der Waals surface area contributed by atoms with Gasteiger partial charge in [-0.15, -0.1) is 0 Å². The number of benzene rings is 2. The second kappa shape index (κ2) is 25.8. The first-order chi connectivity index (χ1) is 21.7. The van der Waals surface area contributed by atoms with Gasteiger partial charge in [-0.2, -0.15) is 0 Å². The van der Waals surface area contributed by atoms with E-state index in [0.29, 0.717) is 0 Å². The van der Waals surface area contributed by atoms with Crippen LogP contribution in [-0.4, -0.2) is 11.9 Å². The van der Waals surface area contributed by atoms with Gasteiger partial charge in [-0.3, -0.25) is 9.98 Å². The lowest BCUT2D eigenvalue weighted by atomic mass is 9.97. The fourth-order valence-corrected chi connectivity index (χ4v) is 5.79. The van der Waals surface area contributed by atoms with Crippen LogP contribution in [0.3, 0.4) is 0 Å². The van der Waals surface area contributed by atoms with Crippen molar-refractivity contribution in [2.24, 2.45) is 9.98 Å². The van der Waals surface area contributed by atoms with Gasteiger partial charge in [-0.1, -0.05) is 135 Å². The van der Waals surface area contributed by atoms with Gasteiger partial charge in [-0.05, 0) is 106 Å². The summed E-state index contributed by atoms with van der Waals surface area (Å²) in [5, 5.41) is 0. The molecule has 0 aliphatic rings. The first-order valence-corrected chi connectivity index (χ1v) is 18.7. The van der Waals surface area contributed by atoms with Gasteiger partial charge in [0.05, 0.1) is 17.1 Å². The molecule has 44 heavy (non-hydrogen) atoms. The van der Waals surface area contributed by atoms with Crippen molar-refractivity contribution in [2.45, 2.75) is 169 Å². The molecule has 0 bridgehead atoms. The average Bonchev–Trinajstić information content (AvgIpc) is 3.05. The summed E-state index contributed by atoms with van der Waals surface area (Å²) in [5.74, 6) is 0. The first kappa shape index (κ1) is 37.7. The third-order valence-electron chi connectivity index (χ3n) is 8.65. The maximum atomic E-state index is 5.25. The Bertz CT molecular complexity index is 1080. The molecule has 0 saturated heterocycles. The van der Waals surface area contributed by atoms with E-state index in [1.165, 1.54) is 132 Å². The Morgan fingerprint density at radius 3 is 1.86 bits per heavy atom. The Kier molecular flexibility index (Phi) is 22.1. The molecule has 0 aliphatic heterocycles. The third-order valence-corrected chi connectivity index (χ3v) is 8.65. The summed E-state index contributed by atoms with van der Waals surface area (Å²) in [6.07, 6.45) is 34.3. The molecule has 2 nitrogen and oxygen atoms in total. The number of aliphatic imine (C=N–C) groups is 2. The van der Waals surface area contributed by atoms with Crippen molar-refractivity contribution in [3.05, 3.63) is 71.3 Å². The molecule has 0 aliphatic carbocycles. The molecule has 0 amide bonds. The zero-order valence-corrected chi connectivity index (χ0v) is 29.2. The number of allylic oxidation sites excluding steroid dienone is 2. The molecule has 0 atom stereocenters. The summed E-state index contributed by atoms with van der Waals surface area (Å²) in [4.78, 5) is 10.3. The molecule has 0 radical (unpaired) electrons. The van der Waals surface area contributed by atoms with Crippen molar-refractivity contribution >= 4 is 23.3 Å². The van der Waals surface area contributed by atoms with E-state index in [1.807, 2.05) is 0 Å². The van der Waals surface area contributed by atoms with E-state index in [-0.39, 0.29) is 0 Å². The second-order valence-corrected chi connectivity index (χ2v) is 12.7. The number of para-hydroxylation sites is 1. The van der Waals surface area contributed by atoms with E-state index >= 15 is 0 Å². The molecule has 2 aromatic carbocycles. The number of hydrogen-bond donors (Lipinski definition) is 0. The predicted molar refractivity (Wildman–Crippen MR) is 199 cm³/mol. The molecule has 0 fully saturated rings. The molecular formula is C42H66N2. The van der Waals surface area contributed by atoms with E-state index < -0.39 is 0 Å². The van der Waals surface area contributed by atoms with Gasteiger partial charge in [0.2, 0.25) is 0 Å². The highest BCUT2D eigenvalue weighted by atomic mass is 14.8. The second-order valence-electron chi connectivity index (χ2n) is 12.7.